The van der Waals surface area contributed by atoms with Crippen LogP contribution in [0.15, 0.2) is 45.8 Å². The van der Waals surface area contributed by atoms with Gasteiger partial charge in [-0.1, -0.05) is 29.8 Å². The fraction of sp³-hybridized carbons (Fsp3) is 0.250. The third kappa shape index (κ3) is 3.57. The van der Waals surface area contributed by atoms with Crippen molar-refractivity contribution in [1.29, 1.82) is 0 Å². The van der Waals surface area contributed by atoms with E-state index in [-0.39, 0.29) is 6.04 Å². The van der Waals surface area contributed by atoms with Crippen molar-refractivity contribution >= 4 is 39.3 Å². The largest absolute Gasteiger partial charge is 0.495 e. The SMILES string of the molecule is CNC(c1ccccc1SC)c1cc(Cl)cc(Br)c1OC. The first kappa shape index (κ1) is 16.7. The molecule has 5 heteroatoms. The van der Waals surface area contributed by atoms with E-state index < -0.39 is 0 Å². The standard InChI is InChI=1S/C16H17BrClNOS/c1-19-15(11-6-4-5-7-14(11)21-3)12-8-10(18)9-13(17)16(12)20-2/h4-9,15,19H,1-3H3. The van der Waals surface area contributed by atoms with Crippen LogP contribution in [0.25, 0.3) is 0 Å². The minimum absolute atomic E-state index is 0.0126. The lowest BCUT2D eigenvalue weighted by Crippen LogP contribution is -2.19. The second-order valence-electron chi connectivity index (χ2n) is 4.47. The van der Waals surface area contributed by atoms with Crippen LogP contribution in [0, 0.1) is 0 Å². The molecule has 0 saturated carbocycles. The number of rotatable bonds is 5. The van der Waals surface area contributed by atoms with E-state index in [9.17, 15) is 0 Å². The molecule has 0 aliphatic heterocycles. The zero-order chi connectivity index (χ0) is 15.4. The number of ether oxygens (including phenoxy) is 1. The van der Waals surface area contributed by atoms with Crippen molar-refractivity contribution in [3.8, 4) is 5.75 Å². The van der Waals surface area contributed by atoms with Gasteiger partial charge in [-0.25, -0.2) is 0 Å². The molecule has 0 aromatic heterocycles. The molecular weight excluding hydrogens is 370 g/mol. The first-order valence-corrected chi connectivity index (χ1v) is 8.85. The van der Waals surface area contributed by atoms with E-state index in [1.54, 1.807) is 18.9 Å². The van der Waals surface area contributed by atoms with E-state index in [0.717, 1.165) is 15.8 Å². The number of methoxy groups -OCH3 is 1. The van der Waals surface area contributed by atoms with Crippen LogP contribution < -0.4 is 10.1 Å². The summed E-state index contributed by atoms with van der Waals surface area (Å²) in [4.78, 5) is 1.23. The summed E-state index contributed by atoms with van der Waals surface area (Å²) < 4.78 is 6.41. The highest BCUT2D eigenvalue weighted by molar-refractivity contribution is 9.10. The lowest BCUT2D eigenvalue weighted by molar-refractivity contribution is 0.402. The Morgan fingerprint density at radius 3 is 2.57 bits per heavy atom. The Morgan fingerprint density at radius 1 is 1.24 bits per heavy atom. The van der Waals surface area contributed by atoms with Crippen LogP contribution in [0.1, 0.15) is 17.2 Å². The van der Waals surface area contributed by atoms with Gasteiger partial charge in [0, 0.05) is 15.5 Å². The average Bonchev–Trinajstić information content (AvgIpc) is 2.48. The molecule has 0 aliphatic carbocycles. The summed E-state index contributed by atoms with van der Waals surface area (Å²) >= 11 is 11.5. The summed E-state index contributed by atoms with van der Waals surface area (Å²) in [5.41, 5.74) is 2.22. The van der Waals surface area contributed by atoms with Crippen LogP contribution in [-0.4, -0.2) is 20.4 Å². The maximum atomic E-state index is 6.22. The van der Waals surface area contributed by atoms with E-state index in [4.69, 9.17) is 16.3 Å². The number of hydrogen-bond donors (Lipinski definition) is 1. The third-order valence-corrected chi connectivity index (χ3v) is 4.91. The van der Waals surface area contributed by atoms with Crippen molar-refractivity contribution in [2.24, 2.45) is 0 Å². The van der Waals surface area contributed by atoms with Gasteiger partial charge in [-0.3, -0.25) is 0 Å². The molecule has 112 valence electrons. The fourth-order valence-electron chi connectivity index (χ4n) is 2.39. The number of hydrogen-bond acceptors (Lipinski definition) is 3. The van der Waals surface area contributed by atoms with Crippen LogP contribution >= 0.6 is 39.3 Å². The minimum atomic E-state index is 0.0126. The quantitative estimate of drug-likeness (QED) is 0.719. The van der Waals surface area contributed by atoms with Gasteiger partial charge in [0.05, 0.1) is 17.6 Å². The summed E-state index contributed by atoms with van der Waals surface area (Å²) in [5.74, 6) is 0.801. The summed E-state index contributed by atoms with van der Waals surface area (Å²) in [6.07, 6.45) is 2.08. The zero-order valence-corrected chi connectivity index (χ0v) is 15.3. The predicted molar refractivity (Wildman–Crippen MR) is 94.8 cm³/mol. The molecule has 0 amide bonds. The number of thioether (sulfide) groups is 1. The summed E-state index contributed by atoms with van der Waals surface area (Å²) in [5, 5.41) is 4.05. The average molecular weight is 387 g/mol. The highest BCUT2D eigenvalue weighted by atomic mass is 79.9. The molecule has 0 saturated heterocycles. The molecule has 2 rings (SSSR count). The molecule has 1 unspecified atom stereocenters. The van der Waals surface area contributed by atoms with Crippen molar-refractivity contribution < 1.29 is 4.74 Å². The Balaban J connectivity index is 2.61. The smallest absolute Gasteiger partial charge is 0.138 e. The van der Waals surface area contributed by atoms with Gasteiger partial charge in [-0.2, -0.15) is 0 Å². The van der Waals surface area contributed by atoms with Crippen LogP contribution in [-0.2, 0) is 0 Å². The van der Waals surface area contributed by atoms with Crippen LogP contribution in [0.5, 0.6) is 5.75 Å². The number of nitrogens with one attached hydrogen (secondary N) is 1. The maximum absolute atomic E-state index is 6.22. The molecule has 0 bridgehead atoms. The Morgan fingerprint density at radius 2 is 1.95 bits per heavy atom. The molecule has 0 aliphatic rings. The van der Waals surface area contributed by atoms with Gasteiger partial charge in [0.25, 0.3) is 0 Å². The Kier molecular flexibility index (Phi) is 5.99. The summed E-state index contributed by atoms with van der Waals surface area (Å²) in [7, 11) is 3.61. The van der Waals surface area contributed by atoms with Gasteiger partial charge in [0.15, 0.2) is 0 Å². The highest BCUT2D eigenvalue weighted by Crippen LogP contribution is 2.40. The Labute approximate surface area is 143 Å². The van der Waals surface area contributed by atoms with Crippen molar-refractivity contribution in [2.45, 2.75) is 10.9 Å². The van der Waals surface area contributed by atoms with E-state index in [0.29, 0.717) is 5.02 Å². The minimum Gasteiger partial charge on any atom is -0.495 e. The van der Waals surface area contributed by atoms with Crippen molar-refractivity contribution in [3.63, 3.8) is 0 Å². The summed E-state index contributed by atoms with van der Waals surface area (Å²) in [6.45, 7) is 0. The molecule has 1 atom stereocenters. The third-order valence-electron chi connectivity index (χ3n) is 3.29. The van der Waals surface area contributed by atoms with Gasteiger partial charge in [0.1, 0.15) is 5.75 Å². The maximum Gasteiger partial charge on any atom is 0.138 e. The normalized spacial score (nSPS) is 12.2. The van der Waals surface area contributed by atoms with E-state index >= 15 is 0 Å². The monoisotopic (exact) mass is 385 g/mol. The molecular formula is C16H17BrClNOS. The zero-order valence-electron chi connectivity index (χ0n) is 12.1. The summed E-state index contributed by atoms with van der Waals surface area (Å²) in [6, 6.07) is 12.1. The molecule has 0 heterocycles. The Bertz CT molecular complexity index is 636. The lowest BCUT2D eigenvalue weighted by Gasteiger charge is -2.23. The van der Waals surface area contributed by atoms with Crippen molar-refractivity contribution in [1.82, 2.24) is 5.32 Å². The van der Waals surface area contributed by atoms with Crippen molar-refractivity contribution in [3.05, 3.63) is 57.0 Å². The molecule has 21 heavy (non-hydrogen) atoms. The number of benzene rings is 2. The van der Waals surface area contributed by atoms with Gasteiger partial charge >= 0.3 is 0 Å². The number of halogens is 2. The molecule has 0 radical (unpaired) electrons. The highest BCUT2D eigenvalue weighted by Gasteiger charge is 2.21. The fourth-order valence-corrected chi connectivity index (χ4v) is 4.03. The molecule has 1 N–H and O–H groups in total. The van der Waals surface area contributed by atoms with E-state index in [2.05, 4.69) is 39.6 Å². The van der Waals surface area contributed by atoms with Crippen LogP contribution in [0.2, 0.25) is 5.02 Å². The molecule has 2 aromatic carbocycles. The molecule has 2 aromatic rings. The predicted octanol–water partition coefficient (Wildman–Crippen LogP) is 5.14. The topological polar surface area (TPSA) is 21.3 Å². The first-order valence-electron chi connectivity index (χ1n) is 6.45. The molecule has 0 fully saturated rings. The lowest BCUT2D eigenvalue weighted by atomic mass is 9.98. The molecule has 0 spiro atoms. The van der Waals surface area contributed by atoms with Gasteiger partial charge in [-0.05, 0) is 53.0 Å². The molecule has 2 nitrogen and oxygen atoms in total. The van der Waals surface area contributed by atoms with E-state index in [1.807, 2.05) is 31.3 Å². The van der Waals surface area contributed by atoms with Gasteiger partial charge in [-0.15, -0.1) is 11.8 Å². The van der Waals surface area contributed by atoms with Crippen LogP contribution in [0.4, 0.5) is 0 Å². The van der Waals surface area contributed by atoms with Gasteiger partial charge in [0.2, 0.25) is 0 Å². The Hall–Kier alpha value is -0.680. The van der Waals surface area contributed by atoms with Crippen LogP contribution in [0.3, 0.4) is 0 Å². The second kappa shape index (κ2) is 7.54. The van der Waals surface area contributed by atoms with E-state index in [1.165, 1.54) is 10.5 Å². The van der Waals surface area contributed by atoms with Gasteiger partial charge < -0.3 is 10.1 Å². The second-order valence-corrected chi connectivity index (χ2v) is 6.61. The first-order chi connectivity index (χ1) is 10.1. The van der Waals surface area contributed by atoms with Crippen molar-refractivity contribution in [2.75, 3.05) is 20.4 Å².